The Bertz CT molecular complexity index is 980. The van der Waals surface area contributed by atoms with E-state index in [-0.39, 0.29) is 22.9 Å². The fourth-order valence-corrected chi connectivity index (χ4v) is 3.65. The van der Waals surface area contributed by atoms with Crippen molar-refractivity contribution >= 4 is 34.1 Å². The van der Waals surface area contributed by atoms with Gasteiger partial charge in [-0.05, 0) is 42.2 Å². The minimum Gasteiger partial charge on any atom is -0.383 e. The van der Waals surface area contributed by atoms with E-state index in [1.165, 1.54) is 13.0 Å². The molecule has 32 heavy (non-hydrogen) atoms. The van der Waals surface area contributed by atoms with Crippen molar-refractivity contribution < 1.29 is 19.1 Å². The monoisotopic (exact) mass is 444 g/mol. The summed E-state index contributed by atoms with van der Waals surface area (Å²) in [6.45, 7) is 6.00. The molecular formula is C21H28N6O5. The van der Waals surface area contributed by atoms with Gasteiger partial charge >= 0.3 is 5.69 Å². The van der Waals surface area contributed by atoms with Gasteiger partial charge in [0.25, 0.3) is 0 Å². The van der Waals surface area contributed by atoms with E-state index in [4.69, 9.17) is 0 Å². The number of aromatic nitrogens is 2. The van der Waals surface area contributed by atoms with Gasteiger partial charge in [0.15, 0.2) is 11.3 Å². The van der Waals surface area contributed by atoms with Crippen LogP contribution in [0.3, 0.4) is 0 Å². The van der Waals surface area contributed by atoms with Gasteiger partial charge in [0, 0.05) is 51.8 Å². The Hall–Kier alpha value is -3.34. The minimum atomic E-state index is -0.515. The first-order chi connectivity index (χ1) is 15.5. The molecule has 1 aliphatic heterocycles. The highest BCUT2D eigenvalue weighted by Gasteiger charge is 2.20. The number of rotatable bonds is 11. The summed E-state index contributed by atoms with van der Waals surface area (Å²) < 4.78 is 4.65. The fraction of sp³-hybridized carbons (Fsp3) is 0.524. The Morgan fingerprint density at radius 1 is 1.16 bits per heavy atom. The van der Waals surface area contributed by atoms with Crippen molar-refractivity contribution in [3.8, 4) is 0 Å². The summed E-state index contributed by atoms with van der Waals surface area (Å²) in [7, 11) is 0. The van der Waals surface area contributed by atoms with E-state index in [0.29, 0.717) is 24.2 Å². The molecule has 0 unspecified atom stereocenters. The second-order valence-electron chi connectivity index (χ2n) is 7.78. The Morgan fingerprint density at radius 2 is 1.91 bits per heavy atom. The van der Waals surface area contributed by atoms with Crippen molar-refractivity contribution in [2.24, 2.45) is 0 Å². The minimum absolute atomic E-state index is 0.0465. The summed E-state index contributed by atoms with van der Waals surface area (Å²) >= 11 is 0. The standard InChI is InChI=1S/C21H28N6O5/c1-16(28)6-5-11-25-12-14-26(15-13-25)19(29)7-3-2-4-10-22-17-8-9-18(27(30)31)21-20(17)23-32-24-21/h5-6,8-9,22H,2-4,7,10-15H2,1H3/b6-5+. The molecule has 172 valence electrons. The second kappa shape index (κ2) is 11.3. The first-order valence-electron chi connectivity index (χ1n) is 10.8. The Balaban J connectivity index is 1.32. The number of carbonyl (C=O) groups is 2. The number of amides is 1. The summed E-state index contributed by atoms with van der Waals surface area (Å²) in [5.74, 6) is 0.229. The van der Waals surface area contributed by atoms with Crippen molar-refractivity contribution in [1.29, 1.82) is 0 Å². The zero-order valence-corrected chi connectivity index (χ0v) is 18.2. The van der Waals surface area contributed by atoms with Crippen LogP contribution in [0.1, 0.15) is 32.6 Å². The van der Waals surface area contributed by atoms with Crippen LogP contribution in [0, 0.1) is 10.1 Å². The number of hydrogen-bond donors (Lipinski definition) is 1. The highest BCUT2D eigenvalue weighted by molar-refractivity contribution is 5.93. The molecule has 1 amide bonds. The van der Waals surface area contributed by atoms with Crippen LogP contribution >= 0.6 is 0 Å². The molecule has 1 aromatic carbocycles. The quantitative estimate of drug-likeness (QED) is 0.240. The molecule has 11 nitrogen and oxygen atoms in total. The number of nitrogens with one attached hydrogen (secondary N) is 1. The number of unbranched alkanes of at least 4 members (excludes halogenated alkanes) is 2. The van der Waals surface area contributed by atoms with E-state index < -0.39 is 4.92 Å². The van der Waals surface area contributed by atoms with Crippen molar-refractivity contribution in [2.45, 2.75) is 32.6 Å². The van der Waals surface area contributed by atoms with Crippen molar-refractivity contribution in [3.63, 3.8) is 0 Å². The van der Waals surface area contributed by atoms with Crippen LogP contribution in [0.15, 0.2) is 28.9 Å². The van der Waals surface area contributed by atoms with E-state index in [0.717, 1.165) is 52.0 Å². The Kier molecular flexibility index (Phi) is 8.26. The number of non-ortho nitro benzene ring substituents is 1. The van der Waals surface area contributed by atoms with Crippen molar-refractivity contribution in [3.05, 3.63) is 34.4 Å². The van der Waals surface area contributed by atoms with E-state index in [1.54, 1.807) is 12.1 Å². The molecule has 1 N–H and O–H groups in total. The van der Waals surface area contributed by atoms with Gasteiger partial charge < -0.3 is 10.2 Å². The van der Waals surface area contributed by atoms with Gasteiger partial charge in [0.1, 0.15) is 0 Å². The second-order valence-corrected chi connectivity index (χ2v) is 7.78. The van der Waals surface area contributed by atoms with Crippen LogP contribution in [-0.2, 0) is 9.59 Å². The van der Waals surface area contributed by atoms with Crippen LogP contribution in [0.5, 0.6) is 0 Å². The molecule has 3 rings (SSSR count). The number of nitrogens with zero attached hydrogens (tertiary/aromatic N) is 5. The first-order valence-corrected chi connectivity index (χ1v) is 10.8. The average molecular weight is 444 g/mol. The number of benzene rings is 1. The molecule has 1 saturated heterocycles. The van der Waals surface area contributed by atoms with Crippen LogP contribution in [0.4, 0.5) is 11.4 Å². The SMILES string of the molecule is CC(=O)/C=C/CN1CCN(C(=O)CCCCCNc2ccc([N+](=O)[O-])c3nonc23)CC1. The third kappa shape index (κ3) is 6.33. The molecule has 1 aromatic heterocycles. The van der Waals surface area contributed by atoms with Crippen LogP contribution in [0.25, 0.3) is 11.0 Å². The zero-order valence-electron chi connectivity index (χ0n) is 18.2. The van der Waals surface area contributed by atoms with Crippen molar-refractivity contribution in [1.82, 2.24) is 20.1 Å². The van der Waals surface area contributed by atoms with Gasteiger partial charge in [-0.2, -0.15) is 0 Å². The molecule has 0 spiro atoms. The lowest BCUT2D eigenvalue weighted by atomic mass is 10.1. The van der Waals surface area contributed by atoms with Gasteiger partial charge in [-0.1, -0.05) is 12.5 Å². The van der Waals surface area contributed by atoms with E-state index >= 15 is 0 Å². The van der Waals surface area contributed by atoms with Gasteiger partial charge in [0.2, 0.25) is 11.4 Å². The molecule has 1 aliphatic rings. The first kappa shape index (κ1) is 23.3. The normalized spacial score (nSPS) is 14.8. The van der Waals surface area contributed by atoms with E-state index in [1.807, 2.05) is 11.0 Å². The van der Waals surface area contributed by atoms with Gasteiger partial charge in [-0.3, -0.25) is 24.6 Å². The maximum atomic E-state index is 12.4. The smallest absolute Gasteiger partial charge is 0.300 e. The lowest BCUT2D eigenvalue weighted by Gasteiger charge is -2.34. The third-order valence-electron chi connectivity index (χ3n) is 5.41. The number of ketones is 1. The van der Waals surface area contributed by atoms with Crippen LogP contribution in [-0.4, -0.2) is 76.0 Å². The summed E-state index contributed by atoms with van der Waals surface area (Å²) in [5.41, 5.74) is 0.962. The molecule has 2 heterocycles. The largest absolute Gasteiger partial charge is 0.383 e. The lowest BCUT2D eigenvalue weighted by Crippen LogP contribution is -2.48. The predicted molar refractivity (Wildman–Crippen MR) is 118 cm³/mol. The predicted octanol–water partition coefficient (Wildman–Crippen LogP) is 2.39. The van der Waals surface area contributed by atoms with E-state index in [2.05, 4.69) is 25.2 Å². The summed E-state index contributed by atoms with van der Waals surface area (Å²) in [6.07, 6.45) is 6.53. The average Bonchev–Trinajstić information content (AvgIpc) is 3.26. The number of anilines is 1. The number of piperazine rings is 1. The Labute approximate surface area is 185 Å². The van der Waals surface area contributed by atoms with Crippen molar-refractivity contribution in [2.75, 3.05) is 44.6 Å². The summed E-state index contributed by atoms with van der Waals surface area (Å²) in [6, 6.07) is 2.98. The topological polar surface area (TPSA) is 135 Å². The molecule has 11 heteroatoms. The van der Waals surface area contributed by atoms with Gasteiger partial charge in [0.05, 0.1) is 10.6 Å². The Morgan fingerprint density at radius 3 is 2.62 bits per heavy atom. The molecule has 0 radical (unpaired) electrons. The zero-order chi connectivity index (χ0) is 22.9. The van der Waals surface area contributed by atoms with Crippen LogP contribution < -0.4 is 5.32 Å². The maximum Gasteiger partial charge on any atom is 0.300 e. The molecule has 2 aromatic rings. The number of fused-ring (bicyclic) bond motifs is 1. The maximum absolute atomic E-state index is 12.4. The lowest BCUT2D eigenvalue weighted by molar-refractivity contribution is -0.383. The molecule has 0 atom stereocenters. The number of nitro benzene ring substituents is 1. The molecule has 0 bridgehead atoms. The third-order valence-corrected chi connectivity index (χ3v) is 5.41. The number of allylic oxidation sites excluding steroid dienone is 1. The molecular weight excluding hydrogens is 416 g/mol. The number of carbonyl (C=O) groups excluding carboxylic acids is 2. The van der Waals surface area contributed by atoms with Gasteiger partial charge in [-0.15, -0.1) is 0 Å². The molecule has 0 aliphatic carbocycles. The van der Waals surface area contributed by atoms with E-state index in [9.17, 15) is 19.7 Å². The molecule has 0 saturated carbocycles. The fourth-order valence-electron chi connectivity index (χ4n) is 3.65. The van der Waals surface area contributed by atoms with Gasteiger partial charge in [-0.25, -0.2) is 4.63 Å². The summed E-state index contributed by atoms with van der Waals surface area (Å²) in [4.78, 5) is 38.0. The molecule has 1 fully saturated rings. The van der Waals surface area contributed by atoms with Crippen LogP contribution in [0.2, 0.25) is 0 Å². The summed E-state index contributed by atoms with van der Waals surface area (Å²) in [5, 5.41) is 21.6. The highest BCUT2D eigenvalue weighted by Crippen LogP contribution is 2.28. The number of hydrogen-bond acceptors (Lipinski definition) is 9. The number of nitro groups is 1. The highest BCUT2D eigenvalue weighted by atomic mass is 16.6.